The second kappa shape index (κ2) is 6.15. The molecule has 25 heavy (non-hydrogen) atoms. The first-order valence-electron chi connectivity index (χ1n) is 8.44. The number of aromatic nitrogens is 2. The number of ether oxygens (including phenoxy) is 1. The minimum absolute atomic E-state index is 0.0918. The molecule has 2 fully saturated rings. The minimum atomic E-state index is -0.570. The fraction of sp³-hybridized carbons (Fsp3) is 0.444. The highest BCUT2D eigenvalue weighted by Gasteiger charge is 2.46. The molecule has 0 unspecified atom stereocenters. The number of nitrogen functional groups attached to an aromatic ring is 1. The molecular formula is C18H22FN5O. The van der Waals surface area contributed by atoms with Crippen LogP contribution in [0.3, 0.4) is 0 Å². The number of hydrogen-bond acceptors (Lipinski definition) is 6. The largest absolute Gasteiger partial charge is 0.497 e. The van der Waals surface area contributed by atoms with Crippen molar-refractivity contribution in [2.24, 2.45) is 11.8 Å². The topological polar surface area (TPSA) is 67.5 Å². The monoisotopic (exact) mass is 343 g/mol. The van der Waals surface area contributed by atoms with Gasteiger partial charge in [0.25, 0.3) is 0 Å². The maximum atomic E-state index is 13.3. The van der Waals surface area contributed by atoms with Gasteiger partial charge in [-0.2, -0.15) is 4.98 Å². The molecule has 1 aromatic heterocycles. The molecule has 0 radical (unpaired) electrons. The predicted molar refractivity (Wildman–Crippen MR) is 94.0 cm³/mol. The van der Waals surface area contributed by atoms with E-state index in [4.69, 9.17) is 10.5 Å². The molecule has 0 spiro atoms. The Kier molecular flexibility index (Phi) is 3.95. The van der Waals surface area contributed by atoms with Gasteiger partial charge in [0.05, 0.1) is 13.3 Å². The summed E-state index contributed by atoms with van der Waals surface area (Å²) < 4.78 is 18.6. The number of nitrogens with two attached hydrogens (primary N) is 1. The van der Waals surface area contributed by atoms with Gasteiger partial charge in [0, 0.05) is 31.6 Å². The van der Waals surface area contributed by atoms with Crippen LogP contribution in [0.5, 0.6) is 5.75 Å². The average molecular weight is 343 g/mol. The molecule has 2 aliphatic heterocycles. The Labute approximate surface area is 146 Å². The second-order valence-corrected chi connectivity index (χ2v) is 6.89. The molecule has 0 aliphatic carbocycles. The normalized spacial score (nSPS) is 26.0. The number of halogens is 1. The van der Waals surface area contributed by atoms with Gasteiger partial charge in [-0.05, 0) is 30.7 Å². The molecule has 0 saturated carbocycles. The first-order valence-corrected chi connectivity index (χ1v) is 8.44. The molecule has 2 saturated heterocycles. The van der Waals surface area contributed by atoms with Gasteiger partial charge in [0.15, 0.2) is 11.6 Å². The van der Waals surface area contributed by atoms with E-state index in [9.17, 15) is 4.39 Å². The maximum absolute atomic E-state index is 13.3. The van der Waals surface area contributed by atoms with Crippen molar-refractivity contribution < 1.29 is 9.13 Å². The van der Waals surface area contributed by atoms with Crippen LogP contribution in [-0.2, 0) is 0 Å². The molecule has 2 aliphatic rings. The molecule has 4 rings (SSSR count). The van der Waals surface area contributed by atoms with Crippen LogP contribution in [0.25, 0.3) is 0 Å². The van der Waals surface area contributed by atoms with E-state index >= 15 is 0 Å². The Morgan fingerprint density at radius 3 is 2.64 bits per heavy atom. The summed E-state index contributed by atoms with van der Waals surface area (Å²) in [6, 6.07) is 8.63. The van der Waals surface area contributed by atoms with Crippen molar-refractivity contribution in [3.8, 4) is 5.75 Å². The maximum Gasteiger partial charge on any atom is 0.227 e. The predicted octanol–water partition coefficient (Wildman–Crippen LogP) is 1.95. The fourth-order valence-electron chi connectivity index (χ4n) is 4.25. The van der Waals surface area contributed by atoms with Crippen molar-refractivity contribution >= 4 is 11.8 Å². The van der Waals surface area contributed by atoms with E-state index in [1.54, 1.807) is 7.11 Å². The third-order valence-corrected chi connectivity index (χ3v) is 5.39. The van der Waals surface area contributed by atoms with Crippen molar-refractivity contribution in [1.29, 1.82) is 0 Å². The molecule has 3 atom stereocenters. The van der Waals surface area contributed by atoms with E-state index in [1.807, 2.05) is 12.1 Å². The van der Waals surface area contributed by atoms with Crippen LogP contribution in [0.15, 0.2) is 30.5 Å². The molecular weight excluding hydrogens is 321 g/mol. The lowest BCUT2D eigenvalue weighted by atomic mass is 9.89. The number of anilines is 2. The zero-order chi connectivity index (χ0) is 17.6. The molecule has 7 heteroatoms. The number of fused-ring (bicyclic) bond motifs is 1. The molecule has 0 amide bonds. The fourth-order valence-corrected chi connectivity index (χ4v) is 4.25. The van der Waals surface area contributed by atoms with Crippen molar-refractivity contribution in [3.63, 3.8) is 0 Å². The quantitative estimate of drug-likeness (QED) is 0.919. The molecule has 2 N–H and O–H groups in total. The summed E-state index contributed by atoms with van der Waals surface area (Å²) in [4.78, 5) is 12.8. The number of nitrogens with zero attached hydrogens (tertiary/aromatic N) is 4. The minimum Gasteiger partial charge on any atom is -0.497 e. The van der Waals surface area contributed by atoms with Gasteiger partial charge in [-0.1, -0.05) is 12.1 Å². The molecule has 6 nitrogen and oxygen atoms in total. The van der Waals surface area contributed by atoms with Crippen molar-refractivity contribution in [1.82, 2.24) is 14.9 Å². The first-order chi connectivity index (χ1) is 12.1. The second-order valence-electron chi connectivity index (χ2n) is 6.89. The number of likely N-dealkylation sites (tertiary alicyclic amines) is 1. The van der Waals surface area contributed by atoms with Crippen LogP contribution in [0.1, 0.15) is 11.6 Å². The van der Waals surface area contributed by atoms with Crippen LogP contribution in [0.4, 0.5) is 16.2 Å². The van der Waals surface area contributed by atoms with E-state index in [0.29, 0.717) is 23.8 Å². The summed E-state index contributed by atoms with van der Waals surface area (Å²) in [5.74, 6) is 1.73. The van der Waals surface area contributed by atoms with E-state index in [2.05, 4.69) is 38.9 Å². The highest BCUT2D eigenvalue weighted by Crippen LogP contribution is 2.44. The SMILES string of the molecule is COc1ccc([C@@H]2[C@@H]3CN(c4ncc(F)c(N)n4)C[C@@H]3CN2C)cc1. The van der Waals surface area contributed by atoms with Crippen molar-refractivity contribution in [3.05, 3.63) is 41.8 Å². The summed E-state index contributed by atoms with van der Waals surface area (Å²) in [7, 11) is 3.85. The van der Waals surface area contributed by atoms with Crippen molar-refractivity contribution in [2.45, 2.75) is 6.04 Å². The number of methoxy groups -OCH3 is 1. The third kappa shape index (κ3) is 2.78. The molecule has 132 valence electrons. The van der Waals surface area contributed by atoms with E-state index in [1.165, 1.54) is 5.56 Å². The zero-order valence-corrected chi connectivity index (χ0v) is 14.4. The molecule has 0 bridgehead atoms. The van der Waals surface area contributed by atoms with Crippen LogP contribution in [0.2, 0.25) is 0 Å². The molecule has 2 aromatic rings. The van der Waals surface area contributed by atoms with Gasteiger partial charge in [0.2, 0.25) is 5.95 Å². The highest BCUT2D eigenvalue weighted by molar-refractivity contribution is 5.41. The van der Waals surface area contributed by atoms with E-state index in [0.717, 1.165) is 31.6 Å². The van der Waals surface area contributed by atoms with E-state index in [-0.39, 0.29) is 5.82 Å². The number of benzene rings is 1. The summed E-state index contributed by atoms with van der Waals surface area (Å²) in [5.41, 5.74) is 6.89. The average Bonchev–Trinajstić information content (AvgIpc) is 3.14. The third-order valence-electron chi connectivity index (χ3n) is 5.39. The van der Waals surface area contributed by atoms with Gasteiger partial charge < -0.3 is 15.4 Å². The summed E-state index contributed by atoms with van der Waals surface area (Å²) >= 11 is 0. The Hall–Kier alpha value is -2.41. The van der Waals surface area contributed by atoms with Gasteiger partial charge in [-0.3, -0.25) is 4.90 Å². The molecule has 3 heterocycles. The smallest absolute Gasteiger partial charge is 0.227 e. The van der Waals surface area contributed by atoms with Gasteiger partial charge in [-0.15, -0.1) is 0 Å². The summed E-state index contributed by atoms with van der Waals surface area (Å²) in [6.07, 6.45) is 1.15. The van der Waals surface area contributed by atoms with Crippen LogP contribution < -0.4 is 15.4 Å². The number of rotatable bonds is 3. The van der Waals surface area contributed by atoms with Gasteiger partial charge >= 0.3 is 0 Å². The molecule has 1 aromatic carbocycles. The lowest BCUT2D eigenvalue weighted by Crippen LogP contribution is -2.30. The Bertz CT molecular complexity index is 769. The summed E-state index contributed by atoms with van der Waals surface area (Å²) in [5, 5.41) is 0. The lowest BCUT2D eigenvalue weighted by Gasteiger charge is -2.27. The number of hydrogen-bond donors (Lipinski definition) is 1. The van der Waals surface area contributed by atoms with E-state index < -0.39 is 5.82 Å². The highest BCUT2D eigenvalue weighted by atomic mass is 19.1. The Balaban J connectivity index is 1.56. The summed E-state index contributed by atoms with van der Waals surface area (Å²) in [6.45, 7) is 2.73. The van der Waals surface area contributed by atoms with Gasteiger partial charge in [-0.25, -0.2) is 9.37 Å². The Morgan fingerprint density at radius 1 is 1.20 bits per heavy atom. The van der Waals surface area contributed by atoms with Crippen LogP contribution in [0, 0.1) is 17.7 Å². The van der Waals surface area contributed by atoms with Crippen molar-refractivity contribution in [2.75, 3.05) is 44.4 Å². The van der Waals surface area contributed by atoms with Crippen LogP contribution in [-0.4, -0.2) is 48.7 Å². The van der Waals surface area contributed by atoms with Gasteiger partial charge in [0.1, 0.15) is 5.75 Å². The Morgan fingerprint density at radius 2 is 1.96 bits per heavy atom. The lowest BCUT2D eigenvalue weighted by molar-refractivity contribution is 0.279. The first kappa shape index (κ1) is 16.1. The standard InChI is InChI=1S/C18H22FN5O/c1-23-8-12-9-24(18-21-7-15(19)17(20)22-18)10-14(12)16(23)11-3-5-13(25-2)6-4-11/h3-7,12,14,16H,8-10H2,1-2H3,(H2,20,21,22)/t12-,14+,16+/m0/s1. The zero-order valence-electron chi connectivity index (χ0n) is 14.4. The van der Waals surface area contributed by atoms with Crippen LogP contribution >= 0.6 is 0 Å².